The molecule has 4 rings (SSSR count). The molecule has 0 atom stereocenters. The van der Waals surface area contributed by atoms with Crippen LogP contribution in [0.4, 0.5) is 10.5 Å². The lowest BCUT2D eigenvalue weighted by Gasteiger charge is -2.23. The standard InChI is InChI=1S/C19H17ClN6O2/c1-12-21-18(24-28-12)16-10-17(25(2)23-16)13-6-5-9-26(11-13)19(27)22-15-8-4-3-7-14(15)20/h3-10H,11H2,1-2H3,(H,22,27). The van der Waals surface area contributed by atoms with Gasteiger partial charge in [0.05, 0.1) is 22.9 Å². The molecule has 0 aliphatic carbocycles. The number of anilines is 1. The van der Waals surface area contributed by atoms with Crippen molar-refractivity contribution in [3.05, 3.63) is 65.3 Å². The van der Waals surface area contributed by atoms with E-state index < -0.39 is 0 Å². The predicted molar refractivity (Wildman–Crippen MR) is 106 cm³/mol. The summed E-state index contributed by atoms with van der Waals surface area (Å²) in [5, 5.41) is 11.7. The van der Waals surface area contributed by atoms with Gasteiger partial charge in [0.15, 0.2) is 0 Å². The monoisotopic (exact) mass is 396 g/mol. The molecule has 28 heavy (non-hydrogen) atoms. The van der Waals surface area contributed by atoms with E-state index in [1.54, 1.807) is 34.8 Å². The van der Waals surface area contributed by atoms with Gasteiger partial charge in [0.1, 0.15) is 5.69 Å². The van der Waals surface area contributed by atoms with E-state index in [0.29, 0.717) is 34.7 Å². The van der Waals surface area contributed by atoms with Crippen LogP contribution in [0.25, 0.3) is 17.1 Å². The Kier molecular flexibility index (Phi) is 4.70. The van der Waals surface area contributed by atoms with E-state index in [0.717, 1.165) is 11.3 Å². The molecule has 2 aromatic heterocycles. The molecule has 3 heterocycles. The summed E-state index contributed by atoms with van der Waals surface area (Å²) in [6.45, 7) is 2.11. The maximum absolute atomic E-state index is 12.6. The van der Waals surface area contributed by atoms with Crippen molar-refractivity contribution in [1.29, 1.82) is 0 Å². The Morgan fingerprint density at radius 1 is 1.32 bits per heavy atom. The second-order valence-corrected chi connectivity index (χ2v) is 6.65. The number of carbonyl (C=O) groups is 1. The molecule has 0 radical (unpaired) electrons. The van der Waals surface area contributed by atoms with Crippen molar-refractivity contribution in [2.75, 3.05) is 11.9 Å². The van der Waals surface area contributed by atoms with Gasteiger partial charge in [0.25, 0.3) is 0 Å². The summed E-state index contributed by atoms with van der Waals surface area (Å²) in [5.74, 6) is 0.907. The van der Waals surface area contributed by atoms with E-state index in [1.165, 1.54) is 0 Å². The van der Waals surface area contributed by atoms with Crippen LogP contribution < -0.4 is 5.32 Å². The van der Waals surface area contributed by atoms with E-state index >= 15 is 0 Å². The minimum atomic E-state index is -0.272. The van der Waals surface area contributed by atoms with Crippen molar-refractivity contribution in [3.63, 3.8) is 0 Å². The summed E-state index contributed by atoms with van der Waals surface area (Å²) in [6, 6.07) is 8.71. The van der Waals surface area contributed by atoms with Crippen LogP contribution >= 0.6 is 11.6 Å². The molecule has 8 nitrogen and oxygen atoms in total. The maximum atomic E-state index is 12.6. The fourth-order valence-corrected chi connectivity index (χ4v) is 3.07. The molecule has 142 valence electrons. The third-order valence-corrected chi connectivity index (χ3v) is 4.58. The quantitative estimate of drug-likeness (QED) is 0.725. The second kappa shape index (κ2) is 7.32. The lowest BCUT2D eigenvalue weighted by Crippen LogP contribution is -2.33. The van der Waals surface area contributed by atoms with Gasteiger partial charge in [-0.25, -0.2) is 4.79 Å². The van der Waals surface area contributed by atoms with Crippen LogP contribution in [0.1, 0.15) is 11.6 Å². The molecule has 1 aliphatic heterocycles. The highest BCUT2D eigenvalue weighted by Gasteiger charge is 2.20. The molecule has 0 unspecified atom stereocenters. The largest absolute Gasteiger partial charge is 0.339 e. The third kappa shape index (κ3) is 3.54. The predicted octanol–water partition coefficient (Wildman–Crippen LogP) is 3.88. The Balaban J connectivity index is 1.52. The average Bonchev–Trinajstić information content (AvgIpc) is 3.29. The Morgan fingerprint density at radius 3 is 2.89 bits per heavy atom. The van der Waals surface area contributed by atoms with Crippen LogP contribution in [0.5, 0.6) is 0 Å². The lowest BCUT2D eigenvalue weighted by atomic mass is 10.1. The van der Waals surface area contributed by atoms with Gasteiger partial charge in [0.2, 0.25) is 11.7 Å². The van der Waals surface area contributed by atoms with E-state index in [2.05, 4.69) is 20.6 Å². The number of rotatable bonds is 3. The van der Waals surface area contributed by atoms with Crippen LogP contribution in [0, 0.1) is 6.92 Å². The number of hydrogen-bond acceptors (Lipinski definition) is 5. The highest BCUT2D eigenvalue weighted by atomic mass is 35.5. The first-order valence-electron chi connectivity index (χ1n) is 8.56. The van der Waals surface area contributed by atoms with Gasteiger partial charge in [-0.15, -0.1) is 0 Å². The smallest absolute Gasteiger partial charge is 0.326 e. The summed E-state index contributed by atoms with van der Waals surface area (Å²) >= 11 is 6.12. The molecule has 0 bridgehead atoms. The number of benzene rings is 1. The minimum absolute atomic E-state index is 0.272. The zero-order chi connectivity index (χ0) is 19.7. The van der Waals surface area contributed by atoms with E-state index in [1.807, 2.05) is 37.4 Å². The molecule has 9 heteroatoms. The summed E-state index contributed by atoms with van der Waals surface area (Å²) in [6.07, 6.45) is 5.48. The SMILES string of the molecule is Cc1nc(-c2cc(C3=CC=CN(C(=O)Nc4ccccc4Cl)C3)n(C)n2)no1. The van der Waals surface area contributed by atoms with Crippen LogP contribution in [0.15, 0.2) is 53.2 Å². The third-order valence-electron chi connectivity index (χ3n) is 4.25. The molecule has 1 aromatic carbocycles. The molecular weight excluding hydrogens is 380 g/mol. The Bertz CT molecular complexity index is 1100. The first-order valence-corrected chi connectivity index (χ1v) is 8.93. The highest BCUT2D eigenvalue weighted by molar-refractivity contribution is 6.33. The zero-order valence-corrected chi connectivity index (χ0v) is 16.0. The van der Waals surface area contributed by atoms with Gasteiger partial charge >= 0.3 is 6.03 Å². The molecule has 0 saturated carbocycles. The molecule has 2 amide bonds. The number of para-hydroxylation sites is 1. The first kappa shape index (κ1) is 18.0. The molecule has 0 fully saturated rings. The van der Waals surface area contributed by atoms with Gasteiger partial charge in [-0.3, -0.25) is 9.58 Å². The number of nitrogens with one attached hydrogen (secondary N) is 1. The van der Waals surface area contributed by atoms with E-state index in [-0.39, 0.29) is 6.03 Å². The molecule has 1 aliphatic rings. The number of nitrogens with zero attached hydrogens (tertiary/aromatic N) is 5. The summed E-state index contributed by atoms with van der Waals surface area (Å²) < 4.78 is 6.75. The number of halogens is 1. The van der Waals surface area contributed by atoms with Crippen LogP contribution in [0.2, 0.25) is 5.02 Å². The van der Waals surface area contributed by atoms with E-state index in [4.69, 9.17) is 16.1 Å². The summed E-state index contributed by atoms with van der Waals surface area (Å²) in [5.41, 5.74) is 2.96. The fraction of sp³-hybridized carbons (Fsp3) is 0.158. The van der Waals surface area contributed by atoms with Crippen LogP contribution in [0.3, 0.4) is 0 Å². The van der Waals surface area contributed by atoms with Crippen molar-refractivity contribution >= 4 is 28.9 Å². The normalized spacial score (nSPS) is 13.5. The topological polar surface area (TPSA) is 89.1 Å². The van der Waals surface area contributed by atoms with Gasteiger partial charge in [-0.05, 0) is 29.8 Å². The maximum Gasteiger partial charge on any atom is 0.326 e. The first-order chi connectivity index (χ1) is 13.5. The van der Waals surface area contributed by atoms with Gasteiger partial charge < -0.3 is 9.84 Å². The highest BCUT2D eigenvalue weighted by Crippen LogP contribution is 2.25. The number of aromatic nitrogens is 4. The van der Waals surface area contributed by atoms with Crippen molar-refractivity contribution in [1.82, 2.24) is 24.8 Å². The number of amides is 2. The number of aryl methyl sites for hydroxylation is 2. The number of allylic oxidation sites excluding steroid dienone is 2. The molecule has 0 spiro atoms. The second-order valence-electron chi connectivity index (χ2n) is 6.25. The molecule has 3 aromatic rings. The van der Waals surface area contributed by atoms with Crippen molar-refractivity contribution in [3.8, 4) is 11.5 Å². The van der Waals surface area contributed by atoms with Gasteiger partial charge in [-0.2, -0.15) is 10.1 Å². The molecule has 0 saturated heterocycles. The average molecular weight is 397 g/mol. The summed E-state index contributed by atoms with van der Waals surface area (Å²) in [4.78, 5) is 18.4. The van der Waals surface area contributed by atoms with Crippen LogP contribution in [-0.2, 0) is 7.05 Å². The Morgan fingerprint density at radius 2 is 2.14 bits per heavy atom. The minimum Gasteiger partial charge on any atom is -0.339 e. The Hall–Kier alpha value is -3.39. The van der Waals surface area contributed by atoms with Crippen molar-refractivity contribution in [2.45, 2.75) is 6.92 Å². The fourth-order valence-electron chi connectivity index (χ4n) is 2.89. The number of hydrogen-bond donors (Lipinski definition) is 1. The lowest BCUT2D eigenvalue weighted by molar-refractivity contribution is 0.232. The van der Waals surface area contributed by atoms with E-state index in [9.17, 15) is 4.79 Å². The van der Waals surface area contributed by atoms with Crippen LogP contribution in [-0.4, -0.2) is 37.4 Å². The van der Waals surface area contributed by atoms with Gasteiger partial charge in [0, 0.05) is 20.2 Å². The number of urea groups is 1. The summed E-state index contributed by atoms with van der Waals surface area (Å²) in [7, 11) is 1.83. The van der Waals surface area contributed by atoms with Crippen molar-refractivity contribution in [2.24, 2.45) is 7.05 Å². The number of carbonyl (C=O) groups excluding carboxylic acids is 1. The zero-order valence-electron chi connectivity index (χ0n) is 15.3. The molecular formula is C19H17ClN6O2. The van der Waals surface area contributed by atoms with Gasteiger partial charge in [-0.1, -0.05) is 35.0 Å². The Labute approximate surface area is 166 Å². The molecule has 1 N–H and O–H groups in total. The van der Waals surface area contributed by atoms with Crippen molar-refractivity contribution < 1.29 is 9.32 Å².